The lowest BCUT2D eigenvalue weighted by molar-refractivity contribution is -0.137. The molecule has 0 saturated heterocycles. The molecule has 0 unspecified atom stereocenters. The maximum absolute atomic E-state index is 11.3. The highest BCUT2D eigenvalue weighted by atomic mass is 79.9. The molecule has 104 valence electrons. The lowest BCUT2D eigenvalue weighted by atomic mass is 10.1. The number of hydrogen-bond donors (Lipinski definition) is 0. The lowest BCUT2D eigenvalue weighted by Gasteiger charge is -2.13. The van der Waals surface area contributed by atoms with E-state index in [0.717, 1.165) is 15.6 Å². The Bertz CT molecular complexity index is 495. The normalized spacial score (nSPS) is 10.6. The van der Waals surface area contributed by atoms with E-state index in [4.69, 9.17) is 14.2 Å². The second kappa shape index (κ2) is 7.19. The third-order valence-corrected chi connectivity index (χ3v) is 3.38. The van der Waals surface area contributed by atoms with Crippen LogP contribution in [0.25, 0.3) is 6.08 Å². The molecule has 0 amide bonds. The average Bonchev–Trinajstić information content (AvgIpc) is 2.39. The van der Waals surface area contributed by atoms with Gasteiger partial charge in [-0.3, -0.25) is 0 Å². The number of carbonyl (C=O) groups excluding carboxylic acids is 1. The van der Waals surface area contributed by atoms with Gasteiger partial charge in [-0.15, -0.1) is 0 Å². The second-order valence-corrected chi connectivity index (χ2v) is 4.52. The van der Waals surface area contributed by atoms with Crippen LogP contribution in [0.3, 0.4) is 0 Å². The van der Waals surface area contributed by atoms with Gasteiger partial charge in [0.1, 0.15) is 11.5 Å². The highest BCUT2D eigenvalue weighted by molar-refractivity contribution is 9.10. The van der Waals surface area contributed by atoms with Crippen LogP contribution >= 0.6 is 15.9 Å². The van der Waals surface area contributed by atoms with Crippen LogP contribution in [0.4, 0.5) is 0 Å². The zero-order valence-corrected chi connectivity index (χ0v) is 13.0. The van der Waals surface area contributed by atoms with Gasteiger partial charge in [-0.05, 0) is 47.5 Å². The van der Waals surface area contributed by atoms with Crippen molar-refractivity contribution < 1.29 is 19.0 Å². The third kappa shape index (κ3) is 3.73. The molecular formula is C14H17BrO4. The average molecular weight is 329 g/mol. The molecule has 4 nitrogen and oxygen atoms in total. The largest absolute Gasteiger partial charge is 0.496 e. The van der Waals surface area contributed by atoms with Gasteiger partial charge >= 0.3 is 5.97 Å². The molecule has 0 aliphatic rings. The summed E-state index contributed by atoms with van der Waals surface area (Å²) in [4.78, 5) is 11.3. The first kappa shape index (κ1) is 15.6. The Hall–Kier alpha value is -1.49. The van der Waals surface area contributed by atoms with E-state index in [9.17, 15) is 4.79 Å². The molecule has 1 rings (SSSR count). The van der Waals surface area contributed by atoms with Gasteiger partial charge in [0, 0.05) is 11.6 Å². The molecule has 0 spiro atoms. The minimum absolute atomic E-state index is 0.352. The lowest BCUT2D eigenvalue weighted by Crippen LogP contribution is -1.99. The van der Waals surface area contributed by atoms with Crippen LogP contribution in [0.2, 0.25) is 0 Å². The summed E-state index contributed by atoms with van der Waals surface area (Å²) in [5, 5.41) is 0. The Balaban J connectivity index is 3.17. The Morgan fingerprint density at radius 3 is 2.58 bits per heavy atom. The molecule has 5 heteroatoms. The highest BCUT2D eigenvalue weighted by Crippen LogP contribution is 2.38. The van der Waals surface area contributed by atoms with Crippen molar-refractivity contribution >= 4 is 28.0 Å². The maximum Gasteiger partial charge on any atom is 0.330 e. The van der Waals surface area contributed by atoms with Crippen molar-refractivity contribution in [1.82, 2.24) is 0 Å². The van der Waals surface area contributed by atoms with Gasteiger partial charge in [-0.2, -0.15) is 0 Å². The van der Waals surface area contributed by atoms with E-state index in [1.807, 2.05) is 13.0 Å². The maximum atomic E-state index is 11.3. The number of rotatable bonds is 5. The number of carbonyl (C=O) groups is 1. The summed E-state index contributed by atoms with van der Waals surface area (Å²) in [7, 11) is 3.18. The topological polar surface area (TPSA) is 44.8 Å². The molecule has 0 heterocycles. The van der Waals surface area contributed by atoms with Gasteiger partial charge in [-0.1, -0.05) is 0 Å². The summed E-state index contributed by atoms with van der Waals surface area (Å²) in [6.45, 7) is 4.02. The van der Waals surface area contributed by atoms with E-state index >= 15 is 0 Å². The summed E-state index contributed by atoms with van der Waals surface area (Å²) in [5.74, 6) is 0.999. The monoisotopic (exact) mass is 328 g/mol. The van der Waals surface area contributed by atoms with Crippen LogP contribution < -0.4 is 9.47 Å². The SMILES string of the molecule is CCOC(=O)/C=C/c1cc(OC)c(C)c(OC)c1Br. The molecule has 0 radical (unpaired) electrons. The van der Waals surface area contributed by atoms with Crippen LogP contribution in [0.15, 0.2) is 16.6 Å². The zero-order valence-electron chi connectivity index (χ0n) is 11.5. The molecule has 0 aromatic heterocycles. The molecule has 1 aromatic carbocycles. The molecule has 0 aliphatic heterocycles. The van der Waals surface area contributed by atoms with Crippen LogP contribution in [-0.2, 0) is 9.53 Å². The molecule has 19 heavy (non-hydrogen) atoms. The number of methoxy groups -OCH3 is 2. The van der Waals surface area contributed by atoms with Crippen molar-refractivity contribution in [1.29, 1.82) is 0 Å². The molecule has 0 aliphatic carbocycles. The van der Waals surface area contributed by atoms with Gasteiger partial charge in [-0.25, -0.2) is 4.79 Å². The van der Waals surface area contributed by atoms with Gasteiger partial charge in [0.2, 0.25) is 0 Å². The number of halogens is 1. The molecule has 0 saturated carbocycles. The Labute approximate surface area is 121 Å². The summed E-state index contributed by atoms with van der Waals surface area (Å²) in [6.07, 6.45) is 3.03. The van der Waals surface area contributed by atoms with Gasteiger partial charge in [0.15, 0.2) is 0 Å². The zero-order chi connectivity index (χ0) is 14.4. The van der Waals surface area contributed by atoms with E-state index in [1.54, 1.807) is 27.2 Å². The van der Waals surface area contributed by atoms with E-state index in [2.05, 4.69) is 15.9 Å². The van der Waals surface area contributed by atoms with Crippen molar-refractivity contribution in [2.24, 2.45) is 0 Å². The standard InChI is InChI=1S/C14H17BrO4/c1-5-19-12(16)7-6-10-8-11(17-3)9(2)14(18-4)13(10)15/h6-8H,5H2,1-4H3/b7-6+. The fourth-order valence-electron chi connectivity index (χ4n) is 1.64. The van der Waals surface area contributed by atoms with Crippen molar-refractivity contribution in [3.8, 4) is 11.5 Å². The summed E-state index contributed by atoms with van der Waals surface area (Å²) < 4.78 is 16.2. The van der Waals surface area contributed by atoms with Crippen LogP contribution in [0.5, 0.6) is 11.5 Å². The number of hydrogen-bond acceptors (Lipinski definition) is 4. The van der Waals surface area contributed by atoms with E-state index in [0.29, 0.717) is 18.1 Å². The Morgan fingerprint density at radius 1 is 1.37 bits per heavy atom. The molecule has 0 fully saturated rings. The van der Waals surface area contributed by atoms with Crippen molar-refractivity contribution in [3.63, 3.8) is 0 Å². The summed E-state index contributed by atoms with van der Waals surface area (Å²) in [6, 6.07) is 1.83. The minimum Gasteiger partial charge on any atom is -0.496 e. The van der Waals surface area contributed by atoms with Crippen molar-refractivity contribution in [2.45, 2.75) is 13.8 Å². The van der Waals surface area contributed by atoms with E-state index in [-0.39, 0.29) is 5.97 Å². The van der Waals surface area contributed by atoms with Gasteiger partial charge in [0.05, 0.1) is 25.3 Å². The summed E-state index contributed by atoms with van der Waals surface area (Å²) in [5.41, 5.74) is 1.68. The van der Waals surface area contributed by atoms with Crippen molar-refractivity contribution in [3.05, 3.63) is 27.7 Å². The number of esters is 1. The Morgan fingerprint density at radius 2 is 2.05 bits per heavy atom. The van der Waals surface area contributed by atoms with Gasteiger partial charge < -0.3 is 14.2 Å². The Kier molecular flexibility index (Phi) is 5.89. The predicted molar refractivity (Wildman–Crippen MR) is 77.7 cm³/mol. The van der Waals surface area contributed by atoms with Crippen molar-refractivity contribution in [2.75, 3.05) is 20.8 Å². The van der Waals surface area contributed by atoms with E-state index < -0.39 is 0 Å². The smallest absolute Gasteiger partial charge is 0.330 e. The first-order valence-electron chi connectivity index (χ1n) is 5.81. The van der Waals surface area contributed by atoms with Crippen LogP contribution in [-0.4, -0.2) is 26.8 Å². The first-order valence-corrected chi connectivity index (χ1v) is 6.60. The fourth-order valence-corrected chi connectivity index (χ4v) is 2.35. The molecular weight excluding hydrogens is 312 g/mol. The number of benzene rings is 1. The number of ether oxygens (including phenoxy) is 3. The van der Waals surface area contributed by atoms with Crippen LogP contribution in [0, 0.1) is 6.92 Å². The molecule has 0 atom stereocenters. The second-order valence-electron chi connectivity index (χ2n) is 3.73. The van der Waals surface area contributed by atoms with E-state index in [1.165, 1.54) is 6.08 Å². The highest BCUT2D eigenvalue weighted by Gasteiger charge is 2.13. The molecule has 0 bridgehead atoms. The minimum atomic E-state index is -0.382. The predicted octanol–water partition coefficient (Wildman–Crippen LogP) is 3.35. The molecule has 1 aromatic rings. The first-order chi connectivity index (χ1) is 9.04. The third-order valence-electron chi connectivity index (χ3n) is 2.56. The van der Waals surface area contributed by atoms with Gasteiger partial charge in [0.25, 0.3) is 0 Å². The fraction of sp³-hybridized carbons (Fsp3) is 0.357. The molecule has 0 N–H and O–H groups in total. The van der Waals surface area contributed by atoms with Crippen LogP contribution in [0.1, 0.15) is 18.1 Å². The quantitative estimate of drug-likeness (QED) is 0.614. The summed E-state index contributed by atoms with van der Waals surface area (Å²) >= 11 is 3.46.